The molecule has 0 saturated heterocycles. The lowest BCUT2D eigenvalue weighted by Crippen LogP contribution is -2.24. The molecule has 0 aliphatic heterocycles. The third-order valence-corrected chi connectivity index (χ3v) is 2.42. The summed E-state index contributed by atoms with van der Waals surface area (Å²) >= 11 is 0. The lowest BCUT2D eigenvalue weighted by molar-refractivity contribution is -0.00859. The summed E-state index contributed by atoms with van der Waals surface area (Å²) in [6.45, 7) is 5.31. The topological polar surface area (TPSA) is 44.5 Å². The Morgan fingerprint density at radius 2 is 2.00 bits per heavy atom. The molecule has 2 N–H and O–H groups in total. The molecule has 2 unspecified atom stereocenters. The van der Waals surface area contributed by atoms with E-state index in [4.69, 9.17) is 15.2 Å². The van der Waals surface area contributed by atoms with Crippen molar-refractivity contribution in [3.63, 3.8) is 0 Å². The van der Waals surface area contributed by atoms with Crippen LogP contribution in [0.2, 0.25) is 0 Å². The number of hydrogen-bond donors (Lipinski definition) is 1. The molecule has 1 aromatic rings. The number of rotatable bonds is 7. The van der Waals surface area contributed by atoms with E-state index >= 15 is 0 Å². The van der Waals surface area contributed by atoms with Crippen LogP contribution in [0.25, 0.3) is 0 Å². The van der Waals surface area contributed by atoms with Gasteiger partial charge in [-0.25, -0.2) is 4.39 Å². The maximum absolute atomic E-state index is 13.4. The first-order valence-electron chi connectivity index (χ1n) is 5.84. The Labute approximate surface area is 102 Å². The van der Waals surface area contributed by atoms with Crippen LogP contribution in [-0.4, -0.2) is 25.9 Å². The van der Waals surface area contributed by atoms with Gasteiger partial charge < -0.3 is 15.2 Å². The van der Waals surface area contributed by atoms with Crippen LogP contribution in [0.15, 0.2) is 24.3 Å². The van der Waals surface area contributed by atoms with Gasteiger partial charge in [-0.2, -0.15) is 0 Å². The van der Waals surface area contributed by atoms with Crippen LogP contribution < -0.4 is 5.73 Å². The highest BCUT2D eigenvalue weighted by Gasteiger charge is 2.12. The Bertz CT molecular complexity index is 333. The molecule has 4 heteroatoms. The standard InChI is InChI=1S/C13H20FNO2/c1-3-16-8-10(2)17-9-13(15)11-6-4-5-7-12(11)14/h4-7,10,13H,3,8-9,15H2,1-2H3. The monoisotopic (exact) mass is 241 g/mol. The Kier molecular flexibility index (Phi) is 6.11. The summed E-state index contributed by atoms with van der Waals surface area (Å²) in [5.41, 5.74) is 6.35. The molecule has 0 heterocycles. The van der Waals surface area contributed by atoms with Crippen molar-refractivity contribution in [2.75, 3.05) is 19.8 Å². The average molecular weight is 241 g/mol. The van der Waals surface area contributed by atoms with Crippen molar-refractivity contribution >= 4 is 0 Å². The Morgan fingerprint density at radius 3 is 2.65 bits per heavy atom. The predicted molar refractivity (Wildman–Crippen MR) is 65.2 cm³/mol. The fourth-order valence-corrected chi connectivity index (χ4v) is 1.47. The smallest absolute Gasteiger partial charge is 0.128 e. The van der Waals surface area contributed by atoms with Gasteiger partial charge in [-0.1, -0.05) is 18.2 Å². The van der Waals surface area contributed by atoms with Gasteiger partial charge in [-0.15, -0.1) is 0 Å². The molecule has 0 aliphatic carbocycles. The summed E-state index contributed by atoms with van der Waals surface area (Å²) in [7, 11) is 0. The second-order valence-corrected chi connectivity index (χ2v) is 3.93. The van der Waals surface area contributed by atoms with Gasteiger partial charge in [0.1, 0.15) is 5.82 Å². The van der Waals surface area contributed by atoms with E-state index in [0.717, 1.165) is 0 Å². The van der Waals surface area contributed by atoms with Gasteiger partial charge in [0, 0.05) is 12.2 Å². The van der Waals surface area contributed by atoms with Crippen molar-refractivity contribution < 1.29 is 13.9 Å². The molecule has 0 bridgehead atoms. The van der Waals surface area contributed by atoms with Gasteiger partial charge in [-0.05, 0) is 19.9 Å². The number of nitrogens with two attached hydrogens (primary N) is 1. The summed E-state index contributed by atoms with van der Waals surface area (Å²) in [5.74, 6) is -0.291. The summed E-state index contributed by atoms with van der Waals surface area (Å²) in [6.07, 6.45) is -0.0345. The van der Waals surface area contributed by atoms with Crippen molar-refractivity contribution in [3.05, 3.63) is 35.6 Å². The highest BCUT2D eigenvalue weighted by Crippen LogP contribution is 2.15. The number of halogens is 1. The molecule has 3 nitrogen and oxygen atoms in total. The lowest BCUT2D eigenvalue weighted by atomic mass is 10.1. The van der Waals surface area contributed by atoms with E-state index in [2.05, 4.69) is 0 Å². The van der Waals surface area contributed by atoms with Gasteiger partial charge >= 0.3 is 0 Å². The number of ether oxygens (including phenoxy) is 2. The zero-order valence-electron chi connectivity index (χ0n) is 10.4. The van der Waals surface area contributed by atoms with Gasteiger partial charge in [-0.3, -0.25) is 0 Å². The molecule has 96 valence electrons. The molecule has 0 aliphatic rings. The molecule has 0 fully saturated rings. The van der Waals surface area contributed by atoms with Crippen molar-refractivity contribution in [2.45, 2.75) is 26.0 Å². The van der Waals surface area contributed by atoms with E-state index in [1.54, 1.807) is 18.2 Å². The van der Waals surface area contributed by atoms with E-state index < -0.39 is 6.04 Å². The average Bonchev–Trinajstić information content (AvgIpc) is 2.34. The number of hydrogen-bond acceptors (Lipinski definition) is 3. The molecule has 0 radical (unpaired) electrons. The van der Waals surface area contributed by atoms with Gasteiger partial charge in [0.05, 0.1) is 25.4 Å². The minimum Gasteiger partial charge on any atom is -0.379 e. The molecular formula is C13H20FNO2. The molecule has 1 aromatic carbocycles. The summed E-state index contributed by atoms with van der Waals surface area (Å²) in [5, 5.41) is 0. The summed E-state index contributed by atoms with van der Waals surface area (Å²) < 4.78 is 24.1. The quantitative estimate of drug-likeness (QED) is 0.796. The highest BCUT2D eigenvalue weighted by molar-refractivity contribution is 5.20. The van der Waals surface area contributed by atoms with Gasteiger partial charge in [0.2, 0.25) is 0 Å². The highest BCUT2D eigenvalue weighted by atomic mass is 19.1. The third kappa shape index (κ3) is 4.81. The minimum atomic E-state index is -0.444. The second kappa shape index (κ2) is 7.37. The maximum atomic E-state index is 13.4. The van der Waals surface area contributed by atoms with Crippen molar-refractivity contribution in [1.82, 2.24) is 0 Å². The largest absolute Gasteiger partial charge is 0.379 e. The second-order valence-electron chi connectivity index (χ2n) is 3.93. The first-order valence-corrected chi connectivity index (χ1v) is 5.84. The van der Waals surface area contributed by atoms with Crippen molar-refractivity contribution in [2.24, 2.45) is 5.73 Å². The van der Waals surface area contributed by atoms with Crippen LogP contribution >= 0.6 is 0 Å². The minimum absolute atomic E-state index is 0.0345. The molecule has 0 saturated carbocycles. The van der Waals surface area contributed by atoms with Crippen LogP contribution in [0.5, 0.6) is 0 Å². The summed E-state index contributed by atoms with van der Waals surface area (Å²) in [4.78, 5) is 0. The fraction of sp³-hybridized carbons (Fsp3) is 0.538. The Balaban J connectivity index is 2.39. The van der Waals surface area contributed by atoms with Crippen LogP contribution in [0.1, 0.15) is 25.5 Å². The molecule has 17 heavy (non-hydrogen) atoms. The van der Waals surface area contributed by atoms with E-state index in [-0.39, 0.29) is 18.5 Å². The first-order chi connectivity index (χ1) is 8.15. The Hall–Kier alpha value is -0.970. The molecule has 0 aromatic heterocycles. The SMILES string of the molecule is CCOCC(C)OCC(N)c1ccccc1F. The lowest BCUT2D eigenvalue weighted by Gasteiger charge is -2.17. The number of benzene rings is 1. The molecule has 1 rings (SSSR count). The van der Waals surface area contributed by atoms with E-state index in [0.29, 0.717) is 18.8 Å². The third-order valence-electron chi connectivity index (χ3n) is 2.42. The molecular weight excluding hydrogens is 221 g/mol. The van der Waals surface area contributed by atoms with Crippen molar-refractivity contribution in [1.29, 1.82) is 0 Å². The normalized spacial score (nSPS) is 14.6. The van der Waals surface area contributed by atoms with E-state index in [1.165, 1.54) is 6.07 Å². The molecule has 0 spiro atoms. The van der Waals surface area contributed by atoms with Gasteiger partial charge in [0.15, 0.2) is 0 Å². The van der Waals surface area contributed by atoms with E-state index in [1.807, 2.05) is 13.8 Å². The van der Waals surface area contributed by atoms with Crippen LogP contribution in [0.3, 0.4) is 0 Å². The van der Waals surface area contributed by atoms with Gasteiger partial charge in [0.25, 0.3) is 0 Å². The van der Waals surface area contributed by atoms with Crippen LogP contribution in [-0.2, 0) is 9.47 Å². The zero-order valence-corrected chi connectivity index (χ0v) is 10.4. The van der Waals surface area contributed by atoms with Crippen molar-refractivity contribution in [3.8, 4) is 0 Å². The predicted octanol–water partition coefficient (Wildman–Crippen LogP) is 2.27. The van der Waals surface area contributed by atoms with E-state index in [9.17, 15) is 4.39 Å². The zero-order chi connectivity index (χ0) is 12.7. The fourth-order valence-electron chi connectivity index (χ4n) is 1.47. The van der Waals surface area contributed by atoms with Crippen LogP contribution in [0.4, 0.5) is 4.39 Å². The Morgan fingerprint density at radius 1 is 1.29 bits per heavy atom. The summed E-state index contributed by atoms with van der Waals surface area (Å²) in [6, 6.07) is 6.04. The maximum Gasteiger partial charge on any atom is 0.128 e. The molecule has 2 atom stereocenters. The van der Waals surface area contributed by atoms with Crippen LogP contribution in [0, 0.1) is 5.82 Å². The first kappa shape index (κ1) is 14.1. The molecule has 0 amide bonds.